The maximum Gasteiger partial charge on any atom is 0.335 e. The van der Waals surface area contributed by atoms with Crippen molar-refractivity contribution in [1.29, 1.82) is 0 Å². The molecule has 0 fully saturated rings. The Labute approximate surface area is 125 Å². The fraction of sp³-hybridized carbons (Fsp3) is 0.500. The summed E-state index contributed by atoms with van der Waals surface area (Å²) in [5.74, 6) is -1.04. The Balaban J connectivity index is 3.47. The number of carboxylic acids is 1. The van der Waals surface area contributed by atoms with Crippen LogP contribution in [0.25, 0.3) is 0 Å². The van der Waals surface area contributed by atoms with Gasteiger partial charge in [-0.25, -0.2) is 13.2 Å². The Morgan fingerprint density at radius 2 is 2.00 bits per heavy atom. The highest BCUT2D eigenvalue weighted by molar-refractivity contribution is 7.89. The summed E-state index contributed by atoms with van der Waals surface area (Å²) in [7, 11) is -2.46. The summed E-state index contributed by atoms with van der Waals surface area (Å²) in [6.45, 7) is 5.80. The third kappa shape index (κ3) is 3.74. The predicted octanol–water partition coefficient (Wildman–Crippen LogP) is 2.20. The van der Waals surface area contributed by atoms with E-state index in [9.17, 15) is 13.2 Å². The summed E-state index contributed by atoms with van der Waals surface area (Å²) in [6.07, 6.45) is 0.665. The van der Waals surface area contributed by atoms with Gasteiger partial charge in [0, 0.05) is 12.6 Å². The average molecular weight is 315 g/mol. The third-order valence-electron chi connectivity index (χ3n) is 3.02. The van der Waals surface area contributed by atoms with Gasteiger partial charge >= 0.3 is 5.97 Å². The Bertz CT molecular complexity index is 610. The largest absolute Gasteiger partial charge is 0.495 e. The molecule has 0 bridgehead atoms. The van der Waals surface area contributed by atoms with E-state index in [1.54, 1.807) is 13.8 Å². The van der Waals surface area contributed by atoms with E-state index in [4.69, 9.17) is 9.84 Å². The minimum atomic E-state index is -3.82. The number of carboxylic acid groups (broad SMARTS) is 1. The molecule has 0 aliphatic rings. The number of carbonyl (C=O) groups is 1. The molecule has 0 spiro atoms. The molecule has 1 aromatic rings. The van der Waals surface area contributed by atoms with Gasteiger partial charge in [0.25, 0.3) is 0 Å². The molecule has 0 aliphatic carbocycles. The number of hydrogen-bond donors (Lipinski definition) is 1. The second kappa shape index (κ2) is 6.91. The summed E-state index contributed by atoms with van der Waals surface area (Å²) < 4.78 is 32.0. The van der Waals surface area contributed by atoms with Gasteiger partial charge in [0.05, 0.1) is 12.7 Å². The lowest BCUT2D eigenvalue weighted by Crippen LogP contribution is -2.37. The normalized spacial score (nSPS) is 11.9. The van der Waals surface area contributed by atoms with E-state index >= 15 is 0 Å². The molecule has 0 amide bonds. The summed E-state index contributed by atoms with van der Waals surface area (Å²) in [6, 6.07) is 3.59. The summed E-state index contributed by atoms with van der Waals surface area (Å²) in [4.78, 5) is 10.9. The van der Waals surface area contributed by atoms with Gasteiger partial charge < -0.3 is 9.84 Å². The fourth-order valence-corrected chi connectivity index (χ4v) is 3.93. The summed E-state index contributed by atoms with van der Waals surface area (Å²) >= 11 is 0. The van der Waals surface area contributed by atoms with Crippen LogP contribution in [-0.2, 0) is 10.0 Å². The van der Waals surface area contributed by atoms with Gasteiger partial charge in [-0.3, -0.25) is 0 Å². The first-order valence-corrected chi connectivity index (χ1v) is 8.12. The molecule has 0 atom stereocenters. The van der Waals surface area contributed by atoms with Crippen LogP contribution in [0, 0.1) is 0 Å². The zero-order valence-corrected chi connectivity index (χ0v) is 13.5. The van der Waals surface area contributed by atoms with E-state index < -0.39 is 16.0 Å². The Kier molecular flexibility index (Phi) is 5.74. The molecular weight excluding hydrogens is 294 g/mol. The molecule has 7 heteroatoms. The second-order valence-corrected chi connectivity index (χ2v) is 6.74. The highest BCUT2D eigenvalue weighted by Gasteiger charge is 2.30. The van der Waals surface area contributed by atoms with Crippen LogP contribution in [0.5, 0.6) is 5.75 Å². The van der Waals surface area contributed by atoms with E-state index in [2.05, 4.69) is 0 Å². The molecule has 0 aliphatic heterocycles. The first-order valence-electron chi connectivity index (χ1n) is 6.68. The van der Waals surface area contributed by atoms with Crippen molar-refractivity contribution in [3.8, 4) is 5.75 Å². The lowest BCUT2D eigenvalue weighted by molar-refractivity contribution is 0.0696. The quantitative estimate of drug-likeness (QED) is 0.834. The number of hydrogen-bond acceptors (Lipinski definition) is 4. The smallest absolute Gasteiger partial charge is 0.335 e. The molecular formula is C14H21NO5S. The van der Waals surface area contributed by atoms with E-state index in [0.717, 1.165) is 6.07 Å². The van der Waals surface area contributed by atoms with Crippen LogP contribution >= 0.6 is 0 Å². The molecule has 1 aromatic carbocycles. The number of benzene rings is 1. The molecule has 0 saturated heterocycles. The van der Waals surface area contributed by atoms with Crippen LogP contribution in [0.2, 0.25) is 0 Å². The van der Waals surface area contributed by atoms with Gasteiger partial charge in [0.2, 0.25) is 10.0 Å². The minimum Gasteiger partial charge on any atom is -0.495 e. The highest BCUT2D eigenvalue weighted by atomic mass is 32.2. The molecule has 1 rings (SSSR count). The average Bonchev–Trinajstić information content (AvgIpc) is 2.43. The zero-order chi connectivity index (χ0) is 16.2. The number of sulfonamides is 1. The van der Waals surface area contributed by atoms with E-state index in [0.29, 0.717) is 13.0 Å². The van der Waals surface area contributed by atoms with Crippen LogP contribution < -0.4 is 4.74 Å². The molecule has 0 heterocycles. The van der Waals surface area contributed by atoms with Crippen molar-refractivity contribution >= 4 is 16.0 Å². The van der Waals surface area contributed by atoms with Crippen molar-refractivity contribution in [2.45, 2.75) is 38.1 Å². The highest BCUT2D eigenvalue weighted by Crippen LogP contribution is 2.29. The Morgan fingerprint density at radius 3 is 2.43 bits per heavy atom. The molecule has 1 N–H and O–H groups in total. The van der Waals surface area contributed by atoms with E-state index in [-0.39, 0.29) is 22.3 Å². The van der Waals surface area contributed by atoms with Gasteiger partial charge in [0.15, 0.2) is 0 Å². The SMILES string of the molecule is CCCN(C(C)C)S(=O)(=O)c1cc(C(=O)O)ccc1OC. The zero-order valence-electron chi connectivity index (χ0n) is 12.7. The first-order chi connectivity index (χ1) is 9.75. The van der Waals surface area contributed by atoms with Gasteiger partial charge in [-0.15, -0.1) is 0 Å². The van der Waals surface area contributed by atoms with Crippen LogP contribution in [0.4, 0.5) is 0 Å². The Morgan fingerprint density at radius 1 is 1.38 bits per heavy atom. The lowest BCUT2D eigenvalue weighted by atomic mass is 10.2. The Hall–Kier alpha value is -1.60. The van der Waals surface area contributed by atoms with Crippen molar-refractivity contribution < 1.29 is 23.1 Å². The first kappa shape index (κ1) is 17.5. The maximum atomic E-state index is 12.8. The van der Waals surface area contributed by atoms with Crippen molar-refractivity contribution in [2.75, 3.05) is 13.7 Å². The number of methoxy groups -OCH3 is 1. The number of nitrogens with zero attached hydrogens (tertiary/aromatic N) is 1. The van der Waals surface area contributed by atoms with E-state index in [1.165, 1.54) is 23.5 Å². The number of aromatic carboxylic acids is 1. The van der Waals surface area contributed by atoms with Crippen molar-refractivity contribution in [1.82, 2.24) is 4.31 Å². The molecule has 0 unspecified atom stereocenters. The second-order valence-electron chi connectivity index (χ2n) is 4.88. The lowest BCUT2D eigenvalue weighted by Gasteiger charge is -2.26. The maximum absolute atomic E-state index is 12.8. The molecule has 0 aromatic heterocycles. The van der Waals surface area contributed by atoms with Crippen LogP contribution in [-0.4, -0.2) is 43.5 Å². The van der Waals surface area contributed by atoms with Crippen LogP contribution in [0.3, 0.4) is 0 Å². The fourth-order valence-electron chi connectivity index (χ4n) is 2.01. The van der Waals surface area contributed by atoms with Gasteiger partial charge in [-0.05, 0) is 38.5 Å². The number of ether oxygens (including phenoxy) is 1. The van der Waals surface area contributed by atoms with E-state index in [1.807, 2.05) is 6.92 Å². The molecule has 21 heavy (non-hydrogen) atoms. The monoisotopic (exact) mass is 315 g/mol. The topological polar surface area (TPSA) is 83.9 Å². The van der Waals surface area contributed by atoms with Gasteiger partial charge in [-0.2, -0.15) is 4.31 Å². The minimum absolute atomic E-state index is 0.0884. The molecule has 0 saturated carbocycles. The summed E-state index contributed by atoms with van der Waals surface area (Å²) in [5.41, 5.74) is -0.0884. The predicted molar refractivity (Wildman–Crippen MR) is 79.3 cm³/mol. The van der Waals surface area contributed by atoms with Crippen molar-refractivity contribution in [2.24, 2.45) is 0 Å². The number of rotatable bonds is 7. The molecule has 0 radical (unpaired) electrons. The molecule has 118 valence electrons. The summed E-state index contributed by atoms with van der Waals surface area (Å²) in [5, 5.41) is 9.04. The van der Waals surface area contributed by atoms with Crippen molar-refractivity contribution in [3.63, 3.8) is 0 Å². The van der Waals surface area contributed by atoms with Crippen molar-refractivity contribution in [3.05, 3.63) is 23.8 Å². The van der Waals surface area contributed by atoms with Gasteiger partial charge in [0.1, 0.15) is 10.6 Å². The van der Waals surface area contributed by atoms with Crippen LogP contribution in [0.15, 0.2) is 23.1 Å². The van der Waals surface area contributed by atoms with Gasteiger partial charge in [-0.1, -0.05) is 6.92 Å². The third-order valence-corrected chi connectivity index (χ3v) is 5.11. The standard InChI is InChI=1S/C14H21NO5S/c1-5-8-15(10(2)3)21(18,19)13-9-11(14(16)17)6-7-12(13)20-4/h6-7,9-10H,5,8H2,1-4H3,(H,16,17). The van der Waals surface area contributed by atoms with Crippen LogP contribution in [0.1, 0.15) is 37.6 Å². The molecule has 6 nitrogen and oxygen atoms in total.